The summed E-state index contributed by atoms with van der Waals surface area (Å²) in [5, 5.41) is 1.98. The smallest absolute Gasteiger partial charge is 0.249 e. The first-order valence-electron chi connectivity index (χ1n) is 6.94. The van der Waals surface area contributed by atoms with Gasteiger partial charge in [-0.25, -0.2) is 0 Å². The zero-order chi connectivity index (χ0) is 13.9. The van der Waals surface area contributed by atoms with Gasteiger partial charge in [-0.1, -0.05) is 6.07 Å². The van der Waals surface area contributed by atoms with Crippen molar-refractivity contribution < 1.29 is 14.3 Å². The summed E-state index contributed by atoms with van der Waals surface area (Å²) >= 11 is 1.61. The lowest BCUT2D eigenvalue weighted by Crippen LogP contribution is -2.56. The van der Waals surface area contributed by atoms with Crippen molar-refractivity contribution >= 4 is 23.2 Å². The Labute approximate surface area is 122 Å². The van der Waals surface area contributed by atoms with Crippen LogP contribution in [0.2, 0.25) is 0 Å². The van der Waals surface area contributed by atoms with Gasteiger partial charge in [-0.05, 0) is 24.3 Å². The average Bonchev–Trinajstić information content (AvgIpc) is 3.12. The monoisotopic (exact) mass is 294 g/mol. The molecule has 2 fully saturated rings. The quantitative estimate of drug-likeness (QED) is 0.839. The molecule has 0 unspecified atom stereocenters. The number of ether oxygens (including phenoxy) is 1. The average molecular weight is 294 g/mol. The molecule has 1 atom stereocenters. The number of carbonyl (C=O) groups excluding carboxylic acids is 2. The fourth-order valence-electron chi connectivity index (χ4n) is 2.73. The van der Waals surface area contributed by atoms with Crippen LogP contribution in [0.5, 0.6) is 0 Å². The molecule has 0 spiro atoms. The van der Waals surface area contributed by atoms with Crippen molar-refractivity contribution in [1.29, 1.82) is 0 Å². The second kappa shape index (κ2) is 5.93. The summed E-state index contributed by atoms with van der Waals surface area (Å²) in [6.07, 6.45) is 2.11. The maximum atomic E-state index is 12.5. The molecule has 0 bridgehead atoms. The van der Waals surface area contributed by atoms with Gasteiger partial charge in [0.25, 0.3) is 0 Å². The van der Waals surface area contributed by atoms with Gasteiger partial charge in [0.1, 0.15) is 12.6 Å². The molecule has 20 heavy (non-hydrogen) atoms. The Bertz CT molecular complexity index is 483. The fraction of sp³-hybridized carbons (Fsp3) is 0.571. The topological polar surface area (TPSA) is 49.9 Å². The summed E-state index contributed by atoms with van der Waals surface area (Å²) in [6.45, 7) is 2.50. The van der Waals surface area contributed by atoms with E-state index >= 15 is 0 Å². The number of rotatable bonds is 3. The Hall–Kier alpha value is -1.40. The molecule has 6 heteroatoms. The lowest BCUT2D eigenvalue weighted by Gasteiger charge is -2.36. The number of hydrogen-bond acceptors (Lipinski definition) is 4. The molecule has 1 aromatic heterocycles. The van der Waals surface area contributed by atoms with Crippen LogP contribution < -0.4 is 0 Å². The Morgan fingerprint density at radius 1 is 1.40 bits per heavy atom. The second-order valence-electron chi connectivity index (χ2n) is 5.16. The lowest BCUT2D eigenvalue weighted by molar-refractivity contribution is -0.159. The van der Waals surface area contributed by atoms with Crippen molar-refractivity contribution in [2.45, 2.75) is 25.4 Å². The largest absolute Gasteiger partial charge is 0.369 e. The normalized spacial score (nSPS) is 23.4. The summed E-state index contributed by atoms with van der Waals surface area (Å²) in [6, 6.07) is 3.49. The van der Waals surface area contributed by atoms with Crippen LogP contribution in [0, 0.1) is 0 Å². The van der Waals surface area contributed by atoms with Crippen molar-refractivity contribution in [3.8, 4) is 0 Å². The Balaban J connectivity index is 1.75. The van der Waals surface area contributed by atoms with E-state index < -0.39 is 6.04 Å². The van der Waals surface area contributed by atoms with Crippen molar-refractivity contribution in [2.75, 3.05) is 26.3 Å². The summed E-state index contributed by atoms with van der Waals surface area (Å²) < 4.78 is 5.29. The van der Waals surface area contributed by atoms with E-state index in [0.717, 1.165) is 30.8 Å². The van der Waals surface area contributed by atoms with E-state index in [-0.39, 0.29) is 18.4 Å². The standard InChI is InChI=1S/C14H18N2O3S/c17-13-10-19-9-12(14(18)15-5-1-2-6-15)16(13)8-11-4-3-7-20-11/h3-4,7,12H,1-2,5-6,8-10H2/t12-/m0/s1. The Kier molecular flexibility index (Phi) is 4.03. The minimum Gasteiger partial charge on any atom is -0.369 e. The second-order valence-corrected chi connectivity index (χ2v) is 6.20. The third kappa shape index (κ3) is 2.71. The number of hydrogen-bond donors (Lipinski definition) is 0. The number of morpholine rings is 1. The Morgan fingerprint density at radius 3 is 2.90 bits per heavy atom. The predicted octanol–water partition coefficient (Wildman–Crippen LogP) is 1.10. The van der Waals surface area contributed by atoms with Gasteiger partial charge < -0.3 is 14.5 Å². The zero-order valence-electron chi connectivity index (χ0n) is 11.3. The van der Waals surface area contributed by atoms with Crippen molar-refractivity contribution in [2.24, 2.45) is 0 Å². The van der Waals surface area contributed by atoms with E-state index in [0.29, 0.717) is 13.2 Å². The molecule has 3 rings (SSSR count). The van der Waals surface area contributed by atoms with E-state index in [9.17, 15) is 9.59 Å². The molecule has 0 N–H and O–H groups in total. The Morgan fingerprint density at radius 2 is 2.20 bits per heavy atom. The lowest BCUT2D eigenvalue weighted by atomic mass is 10.2. The molecular weight excluding hydrogens is 276 g/mol. The molecule has 2 aliphatic rings. The van der Waals surface area contributed by atoms with Crippen LogP contribution in [0.3, 0.4) is 0 Å². The SMILES string of the molecule is O=C([C@@H]1COCC(=O)N1Cc1cccs1)N1CCCC1. The highest BCUT2D eigenvalue weighted by Crippen LogP contribution is 2.20. The summed E-state index contributed by atoms with van der Waals surface area (Å²) in [5.74, 6) is -0.0608. The third-order valence-corrected chi connectivity index (χ3v) is 4.67. The highest BCUT2D eigenvalue weighted by atomic mass is 32.1. The first-order valence-corrected chi connectivity index (χ1v) is 7.82. The van der Waals surface area contributed by atoms with Crippen LogP contribution in [0.15, 0.2) is 17.5 Å². The molecule has 5 nitrogen and oxygen atoms in total. The van der Waals surface area contributed by atoms with Crippen LogP contribution in [-0.4, -0.2) is 54.0 Å². The summed E-state index contributed by atoms with van der Waals surface area (Å²) in [7, 11) is 0. The van der Waals surface area contributed by atoms with E-state index in [1.807, 2.05) is 22.4 Å². The minimum atomic E-state index is -0.462. The van der Waals surface area contributed by atoms with E-state index in [2.05, 4.69) is 0 Å². The first kappa shape index (κ1) is 13.6. The number of thiophene rings is 1. The van der Waals surface area contributed by atoms with Crippen LogP contribution in [-0.2, 0) is 20.9 Å². The van der Waals surface area contributed by atoms with Crippen LogP contribution in [0.4, 0.5) is 0 Å². The minimum absolute atomic E-state index is 0.0344. The summed E-state index contributed by atoms with van der Waals surface area (Å²) in [5.41, 5.74) is 0. The zero-order valence-corrected chi connectivity index (χ0v) is 12.1. The van der Waals surface area contributed by atoms with Crippen molar-refractivity contribution in [1.82, 2.24) is 9.80 Å². The van der Waals surface area contributed by atoms with Crippen LogP contribution >= 0.6 is 11.3 Å². The van der Waals surface area contributed by atoms with E-state index in [1.165, 1.54) is 0 Å². The van der Waals surface area contributed by atoms with E-state index in [4.69, 9.17) is 4.74 Å². The number of likely N-dealkylation sites (tertiary alicyclic amines) is 1. The third-order valence-electron chi connectivity index (χ3n) is 3.81. The number of amides is 2. The molecule has 0 aliphatic carbocycles. The molecule has 108 valence electrons. The van der Waals surface area contributed by atoms with Gasteiger partial charge in [-0.15, -0.1) is 11.3 Å². The van der Waals surface area contributed by atoms with Crippen LogP contribution in [0.25, 0.3) is 0 Å². The van der Waals surface area contributed by atoms with Crippen molar-refractivity contribution in [3.63, 3.8) is 0 Å². The molecular formula is C14H18N2O3S. The van der Waals surface area contributed by atoms with Gasteiger partial charge >= 0.3 is 0 Å². The van der Waals surface area contributed by atoms with E-state index in [1.54, 1.807) is 16.2 Å². The molecule has 0 saturated carbocycles. The van der Waals surface area contributed by atoms with Gasteiger partial charge in [-0.3, -0.25) is 9.59 Å². The van der Waals surface area contributed by atoms with Gasteiger partial charge in [0.15, 0.2) is 0 Å². The maximum Gasteiger partial charge on any atom is 0.249 e. The predicted molar refractivity (Wildman–Crippen MR) is 75.3 cm³/mol. The van der Waals surface area contributed by atoms with Crippen molar-refractivity contribution in [3.05, 3.63) is 22.4 Å². The highest BCUT2D eigenvalue weighted by molar-refractivity contribution is 7.09. The molecule has 2 amide bonds. The molecule has 2 saturated heterocycles. The fourth-order valence-corrected chi connectivity index (χ4v) is 3.43. The van der Waals surface area contributed by atoms with Gasteiger partial charge in [-0.2, -0.15) is 0 Å². The first-order chi connectivity index (χ1) is 9.75. The number of carbonyl (C=O) groups is 2. The van der Waals surface area contributed by atoms with Crippen LogP contribution in [0.1, 0.15) is 17.7 Å². The summed E-state index contributed by atoms with van der Waals surface area (Å²) in [4.78, 5) is 29.3. The highest BCUT2D eigenvalue weighted by Gasteiger charge is 2.37. The van der Waals surface area contributed by atoms with Gasteiger partial charge in [0, 0.05) is 18.0 Å². The molecule has 0 aromatic carbocycles. The molecule has 0 radical (unpaired) electrons. The maximum absolute atomic E-state index is 12.5. The van der Waals surface area contributed by atoms with Gasteiger partial charge in [0.2, 0.25) is 11.8 Å². The molecule has 3 heterocycles. The molecule has 2 aliphatic heterocycles. The molecule has 1 aromatic rings. The van der Waals surface area contributed by atoms with Gasteiger partial charge in [0.05, 0.1) is 13.2 Å². The number of nitrogens with zero attached hydrogens (tertiary/aromatic N) is 2.